The van der Waals surface area contributed by atoms with Crippen LogP contribution in [0.3, 0.4) is 0 Å². The monoisotopic (exact) mass is 459 g/mol. The van der Waals surface area contributed by atoms with Crippen molar-refractivity contribution in [3.8, 4) is 0 Å². The largest absolute Gasteiger partial charge is 0.379 e. The van der Waals surface area contributed by atoms with E-state index in [0.29, 0.717) is 31.2 Å². The van der Waals surface area contributed by atoms with Gasteiger partial charge in [0.15, 0.2) is 0 Å². The van der Waals surface area contributed by atoms with Crippen molar-refractivity contribution in [1.82, 2.24) is 10.2 Å². The number of carbonyl (C=O) groups is 1. The lowest BCUT2D eigenvalue weighted by Gasteiger charge is -2.35. The van der Waals surface area contributed by atoms with Gasteiger partial charge in [0.25, 0.3) is 0 Å². The molecule has 2 atom stereocenters. The van der Waals surface area contributed by atoms with E-state index in [1.54, 1.807) is 0 Å². The van der Waals surface area contributed by atoms with Crippen molar-refractivity contribution in [2.24, 2.45) is 5.73 Å². The standard InChI is InChI=1S/C21H26ClN3O2.2ClH/c22-18-9-5-4-8-17(18)20(25-10-12-27-13-11-25)15-24-21(26)19(23)14-16-6-2-1-3-7-16;;/h1-9,19-20H,10-15,23H2,(H,24,26);2*1H. The molecule has 0 radical (unpaired) electrons. The molecule has 1 aliphatic rings. The van der Waals surface area contributed by atoms with E-state index in [1.165, 1.54) is 0 Å². The zero-order chi connectivity index (χ0) is 19.1. The van der Waals surface area contributed by atoms with Gasteiger partial charge in [-0.2, -0.15) is 0 Å². The first-order valence-corrected chi connectivity index (χ1v) is 9.66. The number of hydrogen-bond donors (Lipinski definition) is 2. The Morgan fingerprint density at radius 1 is 1.07 bits per heavy atom. The van der Waals surface area contributed by atoms with Gasteiger partial charge in [0, 0.05) is 24.7 Å². The first-order chi connectivity index (χ1) is 13.1. The van der Waals surface area contributed by atoms with Gasteiger partial charge in [0.2, 0.25) is 5.91 Å². The molecule has 1 fully saturated rings. The molecule has 0 bridgehead atoms. The van der Waals surface area contributed by atoms with Gasteiger partial charge in [-0.25, -0.2) is 0 Å². The normalized spacial score (nSPS) is 16.1. The Hall–Kier alpha value is -1.34. The Morgan fingerprint density at radius 3 is 2.34 bits per heavy atom. The molecule has 0 aromatic heterocycles. The maximum absolute atomic E-state index is 12.5. The lowest BCUT2D eigenvalue weighted by Crippen LogP contribution is -2.47. The van der Waals surface area contributed by atoms with E-state index < -0.39 is 6.04 Å². The average Bonchev–Trinajstić information content (AvgIpc) is 2.71. The van der Waals surface area contributed by atoms with Crippen molar-refractivity contribution >= 4 is 42.3 Å². The summed E-state index contributed by atoms with van der Waals surface area (Å²) >= 11 is 6.43. The number of amides is 1. The van der Waals surface area contributed by atoms with Crippen LogP contribution in [-0.4, -0.2) is 49.7 Å². The predicted octanol–water partition coefficient (Wildman–Crippen LogP) is 3.24. The van der Waals surface area contributed by atoms with Crippen molar-refractivity contribution in [3.05, 3.63) is 70.7 Å². The lowest BCUT2D eigenvalue weighted by atomic mass is 10.0. The van der Waals surface area contributed by atoms with Crippen LogP contribution in [0.1, 0.15) is 17.2 Å². The lowest BCUT2D eigenvalue weighted by molar-refractivity contribution is -0.122. The van der Waals surface area contributed by atoms with Crippen LogP contribution in [0.15, 0.2) is 54.6 Å². The second-order valence-corrected chi connectivity index (χ2v) is 7.13. The number of morpholine rings is 1. The average molecular weight is 461 g/mol. The smallest absolute Gasteiger partial charge is 0.237 e. The van der Waals surface area contributed by atoms with Crippen LogP contribution in [0, 0.1) is 0 Å². The molecular weight excluding hydrogens is 433 g/mol. The van der Waals surface area contributed by atoms with Crippen LogP contribution in [0.2, 0.25) is 5.02 Å². The van der Waals surface area contributed by atoms with Crippen LogP contribution in [0.4, 0.5) is 0 Å². The van der Waals surface area contributed by atoms with Gasteiger partial charge in [0.1, 0.15) is 0 Å². The maximum Gasteiger partial charge on any atom is 0.237 e. The van der Waals surface area contributed by atoms with Crippen molar-refractivity contribution in [1.29, 1.82) is 0 Å². The molecule has 8 heteroatoms. The van der Waals surface area contributed by atoms with E-state index in [0.717, 1.165) is 24.2 Å². The molecule has 1 aliphatic heterocycles. The second kappa shape index (κ2) is 13.1. The molecule has 1 saturated heterocycles. The van der Waals surface area contributed by atoms with Gasteiger partial charge in [-0.1, -0.05) is 60.1 Å². The van der Waals surface area contributed by atoms with E-state index in [4.69, 9.17) is 22.1 Å². The Balaban J connectivity index is 0.00000210. The SMILES string of the molecule is Cl.Cl.NC(Cc1ccccc1)C(=O)NCC(c1ccccc1Cl)N1CCOCC1. The maximum atomic E-state index is 12.5. The van der Waals surface area contributed by atoms with E-state index in [2.05, 4.69) is 10.2 Å². The van der Waals surface area contributed by atoms with E-state index in [1.807, 2.05) is 54.6 Å². The first kappa shape index (κ1) is 25.7. The highest BCUT2D eigenvalue weighted by atomic mass is 35.5. The van der Waals surface area contributed by atoms with Crippen LogP contribution < -0.4 is 11.1 Å². The molecule has 29 heavy (non-hydrogen) atoms. The topological polar surface area (TPSA) is 67.6 Å². The molecule has 0 saturated carbocycles. The summed E-state index contributed by atoms with van der Waals surface area (Å²) in [4.78, 5) is 14.8. The molecule has 0 aliphatic carbocycles. The van der Waals surface area contributed by atoms with Crippen LogP contribution in [0.5, 0.6) is 0 Å². The number of benzene rings is 2. The van der Waals surface area contributed by atoms with Crippen molar-refractivity contribution < 1.29 is 9.53 Å². The summed E-state index contributed by atoms with van der Waals surface area (Å²) < 4.78 is 5.46. The fourth-order valence-corrected chi connectivity index (χ4v) is 3.62. The van der Waals surface area contributed by atoms with E-state index >= 15 is 0 Å². The highest BCUT2D eigenvalue weighted by Crippen LogP contribution is 2.27. The van der Waals surface area contributed by atoms with Gasteiger partial charge >= 0.3 is 0 Å². The third-order valence-corrected chi connectivity index (χ3v) is 5.20. The quantitative estimate of drug-likeness (QED) is 0.665. The first-order valence-electron chi connectivity index (χ1n) is 9.28. The minimum absolute atomic E-state index is 0. The van der Waals surface area contributed by atoms with E-state index in [9.17, 15) is 4.79 Å². The van der Waals surface area contributed by atoms with Crippen molar-refractivity contribution in [2.45, 2.75) is 18.5 Å². The van der Waals surface area contributed by atoms with Gasteiger partial charge < -0.3 is 15.8 Å². The molecular formula is C21H28Cl3N3O2. The number of nitrogens with one attached hydrogen (secondary N) is 1. The summed E-state index contributed by atoms with van der Waals surface area (Å²) in [6, 6.07) is 17.0. The minimum atomic E-state index is -0.580. The number of carbonyl (C=O) groups excluding carboxylic acids is 1. The molecule has 2 unspecified atom stereocenters. The fourth-order valence-electron chi connectivity index (χ4n) is 3.36. The summed E-state index contributed by atoms with van der Waals surface area (Å²) in [6.45, 7) is 3.44. The summed E-state index contributed by atoms with van der Waals surface area (Å²) in [5.74, 6) is -0.149. The van der Waals surface area contributed by atoms with Gasteiger partial charge in [-0.3, -0.25) is 9.69 Å². The number of nitrogens with two attached hydrogens (primary N) is 1. The molecule has 3 N–H and O–H groups in total. The Kier molecular flexibility index (Phi) is 11.6. The Bertz CT molecular complexity index is 743. The molecule has 2 aromatic carbocycles. The molecule has 5 nitrogen and oxygen atoms in total. The fraction of sp³-hybridized carbons (Fsp3) is 0.381. The van der Waals surface area contributed by atoms with Crippen LogP contribution >= 0.6 is 36.4 Å². The summed E-state index contributed by atoms with van der Waals surface area (Å²) in [5, 5.41) is 3.73. The van der Waals surface area contributed by atoms with Crippen molar-refractivity contribution in [3.63, 3.8) is 0 Å². The molecule has 1 heterocycles. The van der Waals surface area contributed by atoms with Crippen LogP contribution in [0.25, 0.3) is 0 Å². The van der Waals surface area contributed by atoms with Crippen molar-refractivity contribution in [2.75, 3.05) is 32.8 Å². The Labute approximate surface area is 189 Å². The zero-order valence-corrected chi connectivity index (χ0v) is 18.5. The van der Waals surface area contributed by atoms with Gasteiger partial charge in [-0.15, -0.1) is 24.8 Å². The highest BCUT2D eigenvalue weighted by Gasteiger charge is 2.25. The predicted molar refractivity (Wildman–Crippen MR) is 122 cm³/mol. The molecule has 0 spiro atoms. The molecule has 160 valence electrons. The molecule has 1 amide bonds. The number of rotatable bonds is 7. The third kappa shape index (κ3) is 7.45. The number of halogens is 3. The summed E-state index contributed by atoms with van der Waals surface area (Å²) in [5.41, 5.74) is 8.17. The number of hydrogen-bond acceptors (Lipinski definition) is 4. The second-order valence-electron chi connectivity index (χ2n) is 6.73. The Morgan fingerprint density at radius 2 is 1.69 bits per heavy atom. The third-order valence-electron chi connectivity index (χ3n) is 4.86. The molecule has 2 aromatic rings. The van der Waals surface area contributed by atoms with Gasteiger partial charge in [0.05, 0.1) is 25.3 Å². The molecule has 3 rings (SSSR count). The summed E-state index contributed by atoms with van der Waals surface area (Å²) in [6.07, 6.45) is 0.515. The number of ether oxygens (including phenoxy) is 1. The van der Waals surface area contributed by atoms with Crippen LogP contribution in [-0.2, 0) is 16.0 Å². The number of nitrogens with zero attached hydrogens (tertiary/aromatic N) is 1. The summed E-state index contributed by atoms with van der Waals surface area (Å²) in [7, 11) is 0. The zero-order valence-electron chi connectivity index (χ0n) is 16.1. The van der Waals surface area contributed by atoms with E-state index in [-0.39, 0.29) is 36.8 Å². The highest BCUT2D eigenvalue weighted by molar-refractivity contribution is 6.31. The van der Waals surface area contributed by atoms with Gasteiger partial charge in [-0.05, 0) is 23.6 Å². The minimum Gasteiger partial charge on any atom is -0.379 e.